The van der Waals surface area contributed by atoms with E-state index >= 15 is 0 Å². The molecule has 3 aromatic rings. The highest BCUT2D eigenvalue weighted by Crippen LogP contribution is 2.29. The van der Waals surface area contributed by atoms with Crippen LogP contribution in [-0.2, 0) is 12.8 Å². The Hall–Kier alpha value is -2.39. The first-order valence-electron chi connectivity index (χ1n) is 7.83. The maximum Gasteiger partial charge on any atom is 0.249 e. The average molecular weight is 380 g/mol. The fourth-order valence-corrected chi connectivity index (χ4v) is 3.55. The van der Waals surface area contributed by atoms with E-state index in [4.69, 9.17) is 5.73 Å². The van der Waals surface area contributed by atoms with Gasteiger partial charge in [-0.25, -0.2) is 0 Å². The predicted octanol–water partition coefficient (Wildman–Crippen LogP) is 4.73. The van der Waals surface area contributed by atoms with Crippen LogP contribution in [-0.4, -0.2) is 5.91 Å². The van der Waals surface area contributed by atoms with E-state index < -0.39 is 5.91 Å². The smallest absolute Gasteiger partial charge is 0.249 e. The summed E-state index contributed by atoms with van der Waals surface area (Å²) in [6.07, 6.45) is 1.57. The lowest BCUT2D eigenvalue weighted by molar-refractivity contribution is 0.0999. The Morgan fingerprint density at radius 1 is 0.792 bits per heavy atom. The van der Waals surface area contributed by atoms with Crippen LogP contribution in [0.25, 0.3) is 0 Å². The van der Waals surface area contributed by atoms with Crippen molar-refractivity contribution in [2.45, 2.75) is 12.8 Å². The maximum absolute atomic E-state index is 11.7. The normalized spacial score (nSPS) is 10.5. The van der Waals surface area contributed by atoms with Gasteiger partial charge in [0.2, 0.25) is 5.91 Å². The van der Waals surface area contributed by atoms with E-state index in [-0.39, 0.29) is 0 Å². The van der Waals surface area contributed by atoms with Crippen molar-refractivity contribution in [2.75, 3.05) is 0 Å². The number of hydrogen-bond acceptors (Lipinski definition) is 1. The quantitative estimate of drug-likeness (QED) is 0.683. The topological polar surface area (TPSA) is 43.1 Å². The molecule has 0 aliphatic rings. The average Bonchev–Trinajstić information content (AvgIpc) is 2.59. The Balaban J connectivity index is 2.04. The van der Waals surface area contributed by atoms with Gasteiger partial charge in [-0.05, 0) is 57.1 Å². The number of hydrogen-bond donors (Lipinski definition) is 1. The molecule has 3 rings (SSSR count). The number of rotatable bonds is 5. The van der Waals surface area contributed by atoms with Crippen LogP contribution in [0.5, 0.6) is 0 Å². The second kappa shape index (κ2) is 7.45. The lowest BCUT2D eigenvalue weighted by atomic mass is 9.93. The van der Waals surface area contributed by atoms with Crippen molar-refractivity contribution in [1.29, 1.82) is 0 Å². The molecule has 0 saturated carbocycles. The Kier molecular flexibility index (Phi) is 5.11. The van der Waals surface area contributed by atoms with Gasteiger partial charge in [0, 0.05) is 4.47 Å². The van der Waals surface area contributed by atoms with Gasteiger partial charge in [-0.1, -0.05) is 66.7 Å². The third-order valence-corrected chi connectivity index (χ3v) is 4.97. The predicted molar refractivity (Wildman–Crippen MR) is 101 cm³/mol. The second-order valence-electron chi connectivity index (χ2n) is 5.75. The summed E-state index contributed by atoms with van der Waals surface area (Å²) >= 11 is 3.60. The summed E-state index contributed by atoms with van der Waals surface area (Å²) in [7, 11) is 0. The van der Waals surface area contributed by atoms with E-state index in [2.05, 4.69) is 40.2 Å². The van der Waals surface area contributed by atoms with Crippen molar-refractivity contribution in [3.05, 3.63) is 105 Å². The van der Waals surface area contributed by atoms with Crippen LogP contribution < -0.4 is 5.73 Å². The summed E-state index contributed by atoms with van der Waals surface area (Å²) in [5.41, 5.74) is 10.8. The number of halogens is 1. The van der Waals surface area contributed by atoms with Gasteiger partial charge in [0.1, 0.15) is 0 Å². The third kappa shape index (κ3) is 3.74. The molecule has 0 unspecified atom stereocenters. The SMILES string of the molecule is NC(=O)c1ccc(Cc2ccccc2)c(Cc2ccccc2)c1Br. The molecule has 0 heterocycles. The summed E-state index contributed by atoms with van der Waals surface area (Å²) < 4.78 is 0.798. The van der Waals surface area contributed by atoms with Gasteiger partial charge in [-0.15, -0.1) is 0 Å². The molecule has 0 fully saturated rings. The molecule has 120 valence electrons. The molecule has 0 aliphatic heterocycles. The van der Waals surface area contributed by atoms with Crippen molar-refractivity contribution < 1.29 is 4.79 Å². The minimum Gasteiger partial charge on any atom is -0.366 e. The van der Waals surface area contributed by atoms with E-state index in [9.17, 15) is 4.79 Å². The molecule has 2 nitrogen and oxygen atoms in total. The minimum absolute atomic E-state index is 0.414. The van der Waals surface area contributed by atoms with Crippen molar-refractivity contribution in [3.8, 4) is 0 Å². The monoisotopic (exact) mass is 379 g/mol. The lowest BCUT2D eigenvalue weighted by Gasteiger charge is -2.15. The van der Waals surface area contributed by atoms with Crippen LogP contribution in [0, 0.1) is 0 Å². The van der Waals surface area contributed by atoms with Gasteiger partial charge in [-0.2, -0.15) is 0 Å². The summed E-state index contributed by atoms with van der Waals surface area (Å²) in [6, 6.07) is 24.4. The molecule has 0 aliphatic carbocycles. The van der Waals surface area contributed by atoms with Crippen molar-refractivity contribution >= 4 is 21.8 Å². The van der Waals surface area contributed by atoms with Crippen LogP contribution in [0.15, 0.2) is 77.3 Å². The number of primary amides is 1. The lowest BCUT2D eigenvalue weighted by Crippen LogP contribution is -2.13. The number of nitrogens with two attached hydrogens (primary N) is 1. The third-order valence-electron chi connectivity index (χ3n) is 4.07. The van der Waals surface area contributed by atoms with Crippen LogP contribution in [0.1, 0.15) is 32.6 Å². The van der Waals surface area contributed by atoms with Gasteiger partial charge in [0.15, 0.2) is 0 Å². The van der Waals surface area contributed by atoms with Gasteiger partial charge in [0.05, 0.1) is 5.56 Å². The molecule has 24 heavy (non-hydrogen) atoms. The number of amides is 1. The van der Waals surface area contributed by atoms with E-state index in [0.717, 1.165) is 22.9 Å². The highest BCUT2D eigenvalue weighted by Gasteiger charge is 2.15. The molecule has 1 amide bonds. The van der Waals surface area contributed by atoms with E-state index in [1.165, 1.54) is 16.7 Å². The van der Waals surface area contributed by atoms with E-state index in [1.54, 1.807) is 6.07 Å². The van der Waals surface area contributed by atoms with Gasteiger partial charge in [0.25, 0.3) is 0 Å². The molecule has 0 radical (unpaired) electrons. The van der Waals surface area contributed by atoms with Crippen LogP contribution in [0.3, 0.4) is 0 Å². The number of benzene rings is 3. The minimum atomic E-state index is -0.414. The molecular weight excluding hydrogens is 362 g/mol. The molecule has 2 N–H and O–H groups in total. The molecular formula is C21H18BrNO. The summed E-state index contributed by atoms with van der Waals surface area (Å²) in [6.45, 7) is 0. The van der Waals surface area contributed by atoms with Gasteiger partial charge in [-0.3, -0.25) is 4.79 Å². The number of carbonyl (C=O) groups is 1. The fourth-order valence-electron chi connectivity index (χ4n) is 2.82. The molecule has 0 spiro atoms. The molecule has 0 bridgehead atoms. The highest BCUT2D eigenvalue weighted by atomic mass is 79.9. The Morgan fingerprint density at radius 3 is 1.88 bits per heavy atom. The number of carbonyl (C=O) groups excluding carboxylic acids is 1. The summed E-state index contributed by atoms with van der Waals surface area (Å²) in [5.74, 6) is -0.414. The molecule has 3 aromatic carbocycles. The van der Waals surface area contributed by atoms with Gasteiger partial charge >= 0.3 is 0 Å². The van der Waals surface area contributed by atoms with Gasteiger partial charge < -0.3 is 5.73 Å². The van der Waals surface area contributed by atoms with Crippen molar-refractivity contribution in [2.24, 2.45) is 5.73 Å². The Labute approximate surface area is 150 Å². The van der Waals surface area contributed by atoms with Crippen LogP contribution >= 0.6 is 15.9 Å². The molecule has 0 saturated heterocycles. The Morgan fingerprint density at radius 2 is 1.33 bits per heavy atom. The molecule has 0 aromatic heterocycles. The zero-order chi connectivity index (χ0) is 16.9. The zero-order valence-electron chi connectivity index (χ0n) is 13.2. The van der Waals surface area contributed by atoms with E-state index in [0.29, 0.717) is 5.56 Å². The standard InChI is InChI=1S/C21H18BrNO/c22-20-18(21(23)24)12-11-17(13-15-7-3-1-4-8-15)19(20)14-16-9-5-2-6-10-16/h1-12H,13-14H2,(H2,23,24). The first-order valence-corrected chi connectivity index (χ1v) is 8.62. The van der Waals surface area contributed by atoms with E-state index in [1.807, 2.05) is 42.5 Å². The fraction of sp³-hybridized carbons (Fsp3) is 0.0952. The second-order valence-corrected chi connectivity index (χ2v) is 6.55. The molecule has 3 heteroatoms. The van der Waals surface area contributed by atoms with Crippen LogP contribution in [0.2, 0.25) is 0 Å². The first kappa shape index (κ1) is 16.5. The zero-order valence-corrected chi connectivity index (χ0v) is 14.8. The van der Waals surface area contributed by atoms with Crippen molar-refractivity contribution in [3.63, 3.8) is 0 Å². The largest absolute Gasteiger partial charge is 0.366 e. The van der Waals surface area contributed by atoms with Crippen LogP contribution in [0.4, 0.5) is 0 Å². The first-order chi connectivity index (χ1) is 11.6. The Bertz CT molecular complexity index is 844. The highest BCUT2D eigenvalue weighted by molar-refractivity contribution is 9.10. The summed E-state index contributed by atoms with van der Waals surface area (Å²) in [5, 5.41) is 0. The summed E-state index contributed by atoms with van der Waals surface area (Å²) in [4.78, 5) is 11.7. The molecule has 0 atom stereocenters. The maximum atomic E-state index is 11.7. The van der Waals surface area contributed by atoms with Crippen molar-refractivity contribution in [1.82, 2.24) is 0 Å².